The minimum absolute atomic E-state index is 0.0620. The highest BCUT2D eigenvalue weighted by Crippen LogP contribution is 2.26. The number of hydrogen-bond donors (Lipinski definition) is 2. The van der Waals surface area contributed by atoms with E-state index in [-0.39, 0.29) is 23.4 Å². The Morgan fingerprint density at radius 3 is 2.80 bits per heavy atom. The lowest BCUT2D eigenvalue weighted by Gasteiger charge is -2.14. The Bertz CT molecular complexity index is 1460. The fourth-order valence-corrected chi connectivity index (χ4v) is 4.88. The van der Waals surface area contributed by atoms with E-state index >= 15 is 0 Å². The van der Waals surface area contributed by atoms with E-state index < -0.39 is 0 Å². The molecule has 0 spiro atoms. The molecule has 2 N–H and O–H groups in total. The number of carbonyl (C=O) groups excluding carboxylic acids is 2. The molecule has 1 heterocycles. The van der Waals surface area contributed by atoms with Crippen LogP contribution in [0.1, 0.15) is 53.6 Å². The van der Waals surface area contributed by atoms with Gasteiger partial charge >= 0.3 is 0 Å². The topological polar surface area (TPSA) is 94.9 Å². The Balaban J connectivity index is 1.46. The standard InChI is InChI=1S/C33H33FN4O2/c1-2-25-12-5-8-23(21-31(25)39)10-7-18-37-33(40)29-15-16-30(28-14-4-3-11-26(28)22-35)38-32(29)36-19-17-24-9-6-13-27(34)20-24/h2-4,6,9-11,13-16,20,25H,1,5,7-8,12,17-19,21H2,(H,36,38)(H,37,40)/b23-10+/t25-/m0/s1. The third-order valence-electron chi connectivity index (χ3n) is 7.03. The molecule has 40 heavy (non-hydrogen) atoms. The van der Waals surface area contributed by atoms with Crippen molar-refractivity contribution in [2.75, 3.05) is 18.4 Å². The van der Waals surface area contributed by atoms with E-state index in [0.717, 1.165) is 30.4 Å². The van der Waals surface area contributed by atoms with E-state index in [2.05, 4.69) is 29.4 Å². The number of allylic oxidation sites excluding steroid dienone is 2. The van der Waals surface area contributed by atoms with Gasteiger partial charge in [-0.3, -0.25) is 9.59 Å². The van der Waals surface area contributed by atoms with Crippen molar-refractivity contribution in [2.24, 2.45) is 5.92 Å². The predicted octanol–water partition coefficient (Wildman–Crippen LogP) is 6.41. The number of nitriles is 1. The van der Waals surface area contributed by atoms with Crippen molar-refractivity contribution in [3.63, 3.8) is 0 Å². The minimum atomic E-state index is -0.297. The fraction of sp³-hybridized carbons (Fsp3) is 0.273. The molecule has 4 rings (SSSR count). The Morgan fingerprint density at radius 2 is 2.00 bits per heavy atom. The maximum Gasteiger partial charge on any atom is 0.255 e. The van der Waals surface area contributed by atoms with Crippen LogP contribution in [0.2, 0.25) is 0 Å². The van der Waals surface area contributed by atoms with Crippen molar-refractivity contribution < 1.29 is 14.0 Å². The summed E-state index contributed by atoms with van der Waals surface area (Å²) in [6, 6.07) is 19.2. The first-order valence-electron chi connectivity index (χ1n) is 13.6. The molecule has 0 saturated heterocycles. The van der Waals surface area contributed by atoms with Gasteiger partial charge in [0.05, 0.1) is 22.9 Å². The molecule has 0 aliphatic heterocycles. The Hall–Kier alpha value is -4.57. The highest BCUT2D eigenvalue weighted by molar-refractivity contribution is 5.99. The van der Waals surface area contributed by atoms with Gasteiger partial charge in [0.2, 0.25) is 0 Å². The molecular formula is C33H33FN4O2. The minimum Gasteiger partial charge on any atom is -0.369 e. The number of benzene rings is 2. The second-order valence-corrected chi connectivity index (χ2v) is 9.84. The number of hydrogen-bond acceptors (Lipinski definition) is 5. The van der Waals surface area contributed by atoms with Gasteiger partial charge < -0.3 is 10.6 Å². The molecule has 204 valence electrons. The van der Waals surface area contributed by atoms with Crippen LogP contribution in [0.4, 0.5) is 10.2 Å². The first kappa shape index (κ1) is 28.4. The van der Waals surface area contributed by atoms with Gasteiger partial charge in [0.15, 0.2) is 0 Å². The van der Waals surface area contributed by atoms with Gasteiger partial charge in [0.1, 0.15) is 17.4 Å². The number of pyridine rings is 1. The van der Waals surface area contributed by atoms with E-state index in [1.807, 2.05) is 18.2 Å². The maximum atomic E-state index is 13.6. The van der Waals surface area contributed by atoms with Crippen molar-refractivity contribution in [2.45, 2.75) is 38.5 Å². The lowest BCUT2D eigenvalue weighted by Crippen LogP contribution is -2.26. The zero-order chi connectivity index (χ0) is 28.3. The molecular weight excluding hydrogens is 503 g/mol. The van der Waals surface area contributed by atoms with Crippen molar-refractivity contribution in [1.82, 2.24) is 10.3 Å². The zero-order valence-electron chi connectivity index (χ0n) is 22.5. The maximum absolute atomic E-state index is 13.6. The first-order chi connectivity index (χ1) is 19.5. The van der Waals surface area contributed by atoms with E-state index in [1.165, 1.54) is 12.1 Å². The highest BCUT2D eigenvalue weighted by atomic mass is 19.1. The quantitative estimate of drug-likeness (QED) is 0.177. The molecule has 7 heteroatoms. The van der Waals surface area contributed by atoms with E-state index in [4.69, 9.17) is 4.98 Å². The van der Waals surface area contributed by atoms with Gasteiger partial charge in [-0.15, -0.1) is 6.58 Å². The number of aromatic nitrogens is 1. The number of anilines is 1. The van der Waals surface area contributed by atoms with Crippen LogP contribution in [0.3, 0.4) is 0 Å². The van der Waals surface area contributed by atoms with E-state index in [9.17, 15) is 19.2 Å². The third kappa shape index (κ3) is 7.51. The highest BCUT2D eigenvalue weighted by Gasteiger charge is 2.20. The molecule has 0 unspecified atom stereocenters. The second kappa shape index (κ2) is 14.0. The molecule has 1 aliphatic carbocycles. The summed E-state index contributed by atoms with van der Waals surface area (Å²) in [5, 5.41) is 15.7. The van der Waals surface area contributed by atoms with Crippen LogP contribution in [0.25, 0.3) is 11.3 Å². The van der Waals surface area contributed by atoms with Crippen LogP contribution >= 0.6 is 0 Å². The number of nitrogens with zero attached hydrogens (tertiary/aromatic N) is 2. The van der Waals surface area contributed by atoms with Gasteiger partial charge in [0.25, 0.3) is 5.91 Å². The number of nitrogens with one attached hydrogen (secondary N) is 2. The molecule has 1 aromatic heterocycles. The molecule has 0 radical (unpaired) electrons. The summed E-state index contributed by atoms with van der Waals surface area (Å²) in [7, 11) is 0. The molecule has 1 saturated carbocycles. The molecule has 6 nitrogen and oxygen atoms in total. The smallest absolute Gasteiger partial charge is 0.255 e. The first-order valence-corrected chi connectivity index (χ1v) is 13.6. The second-order valence-electron chi connectivity index (χ2n) is 9.84. The van der Waals surface area contributed by atoms with Gasteiger partial charge in [-0.2, -0.15) is 5.26 Å². The summed E-state index contributed by atoms with van der Waals surface area (Å²) >= 11 is 0. The SMILES string of the molecule is C=C[C@H]1CCC/C(=C\CCNC(=O)c2ccc(-c3ccccc3C#N)nc2NCCc2cccc(F)c2)CC1=O. The molecule has 1 amide bonds. The fourth-order valence-electron chi connectivity index (χ4n) is 4.88. The molecule has 3 aromatic rings. The molecule has 1 aliphatic rings. The van der Waals surface area contributed by atoms with Crippen LogP contribution in [-0.4, -0.2) is 29.8 Å². The summed E-state index contributed by atoms with van der Waals surface area (Å²) in [5.74, 6) is -0.0336. The van der Waals surface area contributed by atoms with E-state index in [1.54, 1.807) is 36.4 Å². The van der Waals surface area contributed by atoms with Crippen molar-refractivity contribution in [3.05, 3.63) is 107 Å². The number of halogens is 1. The number of amides is 1. The van der Waals surface area contributed by atoms with Crippen LogP contribution in [-0.2, 0) is 11.2 Å². The summed E-state index contributed by atoms with van der Waals surface area (Å²) in [4.78, 5) is 30.2. The number of ketones is 1. The number of carbonyl (C=O) groups is 2. The third-order valence-corrected chi connectivity index (χ3v) is 7.03. The van der Waals surface area contributed by atoms with Gasteiger partial charge in [0, 0.05) is 31.0 Å². The molecule has 0 bridgehead atoms. The van der Waals surface area contributed by atoms with E-state index in [0.29, 0.717) is 60.6 Å². The Labute approximate surface area is 234 Å². The van der Waals surface area contributed by atoms with Crippen LogP contribution in [0.5, 0.6) is 0 Å². The average Bonchev–Trinajstić information content (AvgIpc) is 3.15. The van der Waals surface area contributed by atoms with Crippen molar-refractivity contribution in [1.29, 1.82) is 5.26 Å². The van der Waals surface area contributed by atoms with Gasteiger partial charge in [-0.05, 0) is 68.0 Å². The predicted molar refractivity (Wildman–Crippen MR) is 155 cm³/mol. The monoisotopic (exact) mass is 536 g/mol. The van der Waals surface area contributed by atoms with Crippen molar-refractivity contribution in [3.8, 4) is 17.3 Å². The lowest BCUT2D eigenvalue weighted by molar-refractivity contribution is -0.120. The molecule has 2 aromatic carbocycles. The van der Waals surface area contributed by atoms with Crippen molar-refractivity contribution >= 4 is 17.5 Å². The van der Waals surface area contributed by atoms with Gasteiger partial charge in [-0.25, -0.2) is 9.37 Å². The largest absolute Gasteiger partial charge is 0.369 e. The normalized spacial score (nSPS) is 16.1. The molecule has 1 fully saturated rings. The van der Waals surface area contributed by atoms with Gasteiger partial charge in [-0.1, -0.05) is 48.1 Å². The summed E-state index contributed by atoms with van der Waals surface area (Å²) in [6.07, 6.45) is 8.09. The Kier molecular flexibility index (Phi) is 9.95. The zero-order valence-corrected chi connectivity index (χ0v) is 22.5. The van der Waals surface area contributed by atoms with Crippen LogP contribution < -0.4 is 10.6 Å². The summed E-state index contributed by atoms with van der Waals surface area (Å²) < 4.78 is 13.6. The lowest BCUT2D eigenvalue weighted by atomic mass is 9.99. The number of rotatable bonds is 10. The Morgan fingerprint density at radius 1 is 1.15 bits per heavy atom. The molecule has 1 atom stereocenters. The summed E-state index contributed by atoms with van der Waals surface area (Å²) in [5.41, 5.74) is 4.06. The van der Waals surface area contributed by atoms with Crippen LogP contribution in [0, 0.1) is 23.1 Å². The average molecular weight is 537 g/mol. The number of Topliss-reactive ketones (excluding diaryl/α,β-unsaturated/α-hetero) is 1. The van der Waals surface area contributed by atoms with Crippen LogP contribution in [0.15, 0.2) is 85.0 Å². The summed E-state index contributed by atoms with van der Waals surface area (Å²) in [6.45, 7) is 4.63.